The van der Waals surface area contributed by atoms with Crippen molar-refractivity contribution in [3.63, 3.8) is 0 Å². The zero-order chi connectivity index (χ0) is 27.4. The van der Waals surface area contributed by atoms with Gasteiger partial charge in [-0.05, 0) is 49.6 Å². The fourth-order valence-corrected chi connectivity index (χ4v) is 5.46. The van der Waals surface area contributed by atoms with Crippen LogP contribution in [0, 0.1) is 11.6 Å². The Morgan fingerprint density at radius 1 is 1.00 bits per heavy atom. The van der Waals surface area contributed by atoms with Crippen molar-refractivity contribution in [2.45, 2.75) is 38.3 Å². The number of ether oxygens (including phenoxy) is 1. The molecular formula is C28H28F2N4O5. The van der Waals surface area contributed by atoms with Crippen LogP contribution in [0.2, 0.25) is 0 Å². The first-order chi connectivity index (χ1) is 18.7. The SMILES string of the molecule is CC[C@H]1CN(c2ccc(N3CCN(c4cc5c(cc4F)c(=O)c(C(=O)O)cn5C4CC4)CC3)c(F)c2)C(=O)O1. The molecule has 6 rings (SSSR count). The van der Waals surface area contributed by atoms with Crippen LogP contribution < -0.4 is 20.1 Å². The molecule has 39 heavy (non-hydrogen) atoms. The van der Waals surface area contributed by atoms with Crippen molar-refractivity contribution < 1.29 is 28.2 Å². The molecule has 0 unspecified atom stereocenters. The first-order valence-electron chi connectivity index (χ1n) is 13.1. The maximum absolute atomic E-state index is 15.3. The summed E-state index contributed by atoms with van der Waals surface area (Å²) in [5.41, 5.74) is 0.625. The molecule has 1 atom stereocenters. The highest BCUT2D eigenvalue weighted by atomic mass is 19.1. The summed E-state index contributed by atoms with van der Waals surface area (Å²) >= 11 is 0. The maximum Gasteiger partial charge on any atom is 0.414 e. The van der Waals surface area contributed by atoms with E-state index in [2.05, 4.69) is 0 Å². The Bertz CT molecular complexity index is 1550. The lowest BCUT2D eigenvalue weighted by Gasteiger charge is -2.37. The minimum Gasteiger partial charge on any atom is -0.477 e. The molecular weight excluding hydrogens is 510 g/mol. The number of benzene rings is 2. The van der Waals surface area contributed by atoms with E-state index in [1.807, 2.05) is 16.7 Å². The lowest BCUT2D eigenvalue weighted by Crippen LogP contribution is -2.47. The summed E-state index contributed by atoms with van der Waals surface area (Å²) < 4.78 is 37.5. The molecule has 2 aliphatic heterocycles. The number of carbonyl (C=O) groups is 2. The van der Waals surface area contributed by atoms with E-state index >= 15 is 8.78 Å². The average Bonchev–Trinajstić information content (AvgIpc) is 3.69. The van der Waals surface area contributed by atoms with Crippen LogP contribution in [0.3, 0.4) is 0 Å². The van der Waals surface area contributed by atoms with Crippen molar-refractivity contribution in [3.05, 3.63) is 63.9 Å². The van der Waals surface area contributed by atoms with E-state index in [-0.39, 0.29) is 23.1 Å². The van der Waals surface area contributed by atoms with Gasteiger partial charge in [-0.25, -0.2) is 18.4 Å². The van der Waals surface area contributed by atoms with Gasteiger partial charge in [0.15, 0.2) is 0 Å². The van der Waals surface area contributed by atoms with E-state index in [4.69, 9.17) is 4.74 Å². The second-order valence-electron chi connectivity index (χ2n) is 10.3. The van der Waals surface area contributed by atoms with E-state index in [0.717, 1.165) is 18.9 Å². The largest absolute Gasteiger partial charge is 0.477 e. The highest BCUT2D eigenvalue weighted by Gasteiger charge is 2.32. The summed E-state index contributed by atoms with van der Waals surface area (Å²) in [6.07, 6.45) is 3.09. The number of nitrogens with zero attached hydrogens (tertiary/aromatic N) is 4. The summed E-state index contributed by atoms with van der Waals surface area (Å²) in [6.45, 7) is 4.02. The monoisotopic (exact) mass is 538 g/mol. The quantitative estimate of drug-likeness (QED) is 0.498. The second kappa shape index (κ2) is 9.55. The number of carbonyl (C=O) groups excluding carboxylic acids is 1. The van der Waals surface area contributed by atoms with Crippen LogP contribution in [0.5, 0.6) is 0 Å². The van der Waals surface area contributed by atoms with Crippen LogP contribution in [0.25, 0.3) is 10.9 Å². The molecule has 3 heterocycles. The second-order valence-corrected chi connectivity index (χ2v) is 10.3. The van der Waals surface area contributed by atoms with Gasteiger partial charge in [0, 0.05) is 43.8 Å². The van der Waals surface area contributed by atoms with Gasteiger partial charge in [0.25, 0.3) is 0 Å². The topological polar surface area (TPSA) is 95.3 Å². The minimum atomic E-state index is -1.33. The molecule has 1 aliphatic carbocycles. The number of piperazine rings is 1. The van der Waals surface area contributed by atoms with Crippen molar-refractivity contribution >= 4 is 40.0 Å². The number of halogens is 2. The Labute approximate surface area is 222 Å². The molecule has 3 fully saturated rings. The predicted octanol–water partition coefficient (Wildman–Crippen LogP) is 4.37. The molecule has 3 aromatic rings. The molecule has 11 heteroatoms. The van der Waals surface area contributed by atoms with Gasteiger partial charge in [0.2, 0.25) is 5.43 Å². The number of carboxylic acid groups (broad SMARTS) is 1. The predicted molar refractivity (Wildman–Crippen MR) is 142 cm³/mol. The van der Waals surface area contributed by atoms with Crippen LogP contribution >= 0.6 is 0 Å². The van der Waals surface area contributed by atoms with Gasteiger partial charge in [0.05, 0.1) is 29.1 Å². The molecule has 1 aromatic heterocycles. The van der Waals surface area contributed by atoms with Crippen LogP contribution in [-0.4, -0.2) is 60.6 Å². The van der Waals surface area contributed by atoms with Crippen molar-refractivity contribution in [1.82, 2.24) is 4.57 Å². The average molecular weight is 539 g/mol. The van der Waals surface area contributed by atoms with Gasteiger partial charge in [-0.2, -0.15) is 0 Å². The van der Waals surface area contributed by atoms with Gasteiger partial charge < -0.3 is 24.2 Å². The maximum atomic E-state index is 15.3. The first kappa shape index (κ1) is 25.1. The number of amides is 1. The Hall–Kier alpha value is -4.15. The van der Waals surface area contributed by atoms with Gasteiger partial charge in [-0.15, -0.1) is 0 Å². The van der Waals surface area contributed by atoms with Crippen molar-refractivity contribution in [2.24, 2.45) is 0 Å². The van der Waals surface area contributed by atoms with E-state index < -0.39 is 29.1 Å². The molecule has 9 nitrogen and oxygen atoms in total. The lowest BCUT2D eigenvalue weighted by atomic mass is 10.1. The molecule has 0 radical (unpaired) electrons. The summed E-state index contributed by atoms with van der Waals surface area (Å²) in [5, 5.41) is 9.50. The highest BCUT2D eigenvalue weighted by molar-refractivity contribution is 5.94. The Kier molecular flexibility index (Phi) is 6.16. The van der Waals surface area contributed by atoms with E-state index in [0.29, 0.717) is 61.7 Å². The smallest absolute Gasteiger partial charge is 0.414 e. The molecule has 0 spiro atoms. The number of carboxylic acids is 1. The van der Waals surface area contributed by atoms with Crippen LogP contribution in [-0.2, 0) is 4.74 Å². The van der Waals surface area contributed by atoms with Gasteiger partial charge in [-0.1, -0.05) is 6.92 Å². The number of rotatable bonds is 6. The third-order valence-corrected chi connectivity index (χ3v) is 7.80. The molecule has 3 aliphatic rings. The normalized spacial score (nSPS) is 19.6. The van der Waals surface area contributed by atoms with E-state index in [1.54, 1.807) is 22.8 Å². The Balaban J connectivity index is 1.22. The molecule has 1 amide bonds. The number of cyclic esters (lactones) is 1. The molecule has 2 saturated heterocycles. The van der Waals surface area contributed by atoms with Crippen LogP contribution in [0.15, 0.2) is 41.3 Å². The Morgan fingerprint density at radius 3 is 2.26 bits per heavy atom. The zero-order valence-corrected chi connectivity index (χ0v) is 21.4. The lowest BCUT2D eigenvalue weighted by molar-refractivity contribution is 0.0694. The number of pyridine rings is 1. The summed E-state index contributed by atoms with van der Waals surface area (Å²) in [4.78, 5) is 41.6. The fourth-order valence-electron chi connectivity index (χ4n) is 5.46. The third-order valence-electron chi connectivity index (χ3n) is 7.80. The molecule has 2 aromatic carbocycles. The van der Waals surface area contributed by atoms with E-state index in [9.17, 15) is 19.5 Å². The van der Waals surface area contributed by atoms with Crippen molar-refractivity contribution in [1.29, 1.82) is 0 Å². The van der Waals surface area contributed by atoms with Crippen molar-refractivity contribution in [2.75, 3.05) is 47.4 Å². The zero-order valence-electron chi connectivity index (χ0n) is 21.4. The highest BCUT2D eigenvalue weighted by Crippen LogP contribution is 2.38. The van der Waals surface area contributed by atoms with Crippen LogP contribution in [0.1, 0.15) is 42.6 Å². The number of hydrogen-bond donors (Lipinski definition) is 1. The van der Waals surface area contributed by atoms with Gasteiger partial charge in [-0.3, -0.25) is 9.69 Å². The molecule has 1 N–H and O–H groups in total. The fraction of sp³-hybridized carbons (Fsp3) is 0.393. The molecule has 204 valence electrons. The minimum absolute atomic E-state index is 0.0518. The van der Waals surface area contributed by atoms with E-state index in [1.165, 1.54) is 17.2 Å². The summed E-state index contributed by atoms with van der Waals surface area (Å²) in [5.74, 6) is -2.38. The summed E-state index contributed by atoms with van der Waals surface area (Å²) in [7, 11) is 0. The first-order valence-corrected chi connectivity index (χ1v) is 13.1. The Morgan fingerprint density at radius 2 is 1.67 bits per heavy atom. The molecule has 0 bridgehead atoms. The standard InChI is InChI=1S/C28H28F2N4O5/c1-2-18-14-34(28(38)39-18)17-5-6-23(21(29)11-17)31-7-9-32(10-8-31)25-13-24-19(12-22(25)30)26(35)20(27(36)37)15-33(24)16-3-4-16/h5-6,11-13,15-16,18H,2-4,7-10,14H2,1H3,(H,36,37)/t18-/m0/s1. The molecule has 1 saturated carbocycles. The number of fused-ring (bicyclic) bond motifs is 1. The third kappa shape index (κ3) is 4.45. The van der Waals surface area contributed by atoms with Gasteiger partial charge in [0.1, 0.15) is 23.3 Å². The summed E-state index contributed by atoms with van der Waals surface area (Å²) in [6, 6.07) is 7.54. The van der Waals surface area contributed by atoms with Crippen molar-refractivity contribution in [3.8, 4) is 0 Å². The number of hydrogen-bond acceptors (Lipinski definition) is 6. The number of aromatic carboxylic acids is 1. The van der Waals surface area contributed by atoms with Crippen LogP contribution in [0.4, 0.5) is 30.6 Å². The number of anilines is 3. The van der Waals surface area contributed by atoms with Gasteiger partial charge >= 0.3 is 12.1 Å². The number of aromatic nitrogens is 1.